The number of rotatable bonds is 0. The summed E-state index contributed by atoms with van der Waals surface area (Å²) in [6.45, 7) is 0. The van der Waals surface area contributed by atoms with Crippen molar-refractivity contribution in [1.82, 2.24) is 0 Å². The molecule has 0 aromatic carbocycles. The van der Waals surface area contributed by atoms with E-state index in [-0.39, 0.29) is 6.10 Å². The molecule has 2 bridgehead atoms. The fraction of sp³-hybridized carbons (Fsp3) is 1.00. The van der Waals surface area contributed by atoms with Crippen molar-refractivity contribution >= 4 is 0 Å². The highest BCUT2D eigenvalue weighted by Gasteiger charge is 2.71. The molecule has 4 rings (SSSR count). The molecule has 0 heterocycles. The maximum Gasteiger partial charge on any atom is 0.0605 e. The van der Waals surface area contributed by atoms with Gasteiger partial charge in [0.2, 0.25) is 0 Å². The monoisotopic (exact) mass is 150 g/mol. The summed E-state index contributed by atoms with van der Waals surface area (Å²) in [5.41, 5.74) is 0. The predicted molar refractivity (Wildman–Crippen MR) is 40.8 cm³/mol. The Morgan fingerprint density at radius 3 is 2.18 bits per heavy atom. The molecule has 7 atom stereocenters. The lowest BCUT2D eigenvalue weighted by molar-refractivity contribution is -0.0307. The van der Waals surface area contributed by atoms with Crippen LogP contribution in [0.1, 0.15) is 19.3 Å². The van der Waals surface area contributed by atoms with E-state index in [1.165, 1.54) is 19.3 Å². The lowest BCUT2D eigenvalue weighted by atomic mass is 9.56. The number of fused-ring (bicyclic) bond motifs is 3. The fourth-order valence-electron chi connectivity index (χ4n) is 5.06. The average Bonchev–Trinajstić information content (AvgIpc) is 2.45. The van der Waals surface area contributed by atoms with Gasteiger partial charge in [0.1, 0.15) is 0 Å². The van der Waals surface area contributed by atoms with Crippen LogP contribution in [0.2, 0.25) is 0 Å². The largest absolute Gasteiger partial charge is 0.393 e. The van der Waals surface area contributed by atoms with E-state index in [0.717, 1.165) is 35.5 Å². The molecule has 0 radical (unpaired) electrons. The minimum absolute atomic E-state index is 0.131. The van der Waals surface area contributed by atoms with Gasteiger partial charge in [-0.25, -0.2) is 0 Å². The summed E-state index contributed by atoms with van der Waals surface area (Å²) in [5.74, 6) is 5.52. The van der Waals surface area contributed by atoms with E-state index in [2.05, 4.69) is 0 Å². The van der Waals surface area contributed by atoms with Crippen molar-refractivity contribution in [3.05, 3.63) is 0 Å². The molecular weight excluding hydrogens is 136 g/mol. The molecule has 11 heavy (non-hydrogen) atoms. The van der Waals surface area contributed by atoms with Gasteiger partial charge in [-0.05, 0) is 54.8 Å². The summed E-state index contributed by atoms with van der Waals surface area (Å²) in [7, 11) is 0. The van der Waals surface area contributed by atoms with Crippen LogP contribution in [-0.4, -0.2) is 11.2 Å². The van der Waals surface area contributed by atoms with Crippen LogP contribution in [0.5, 0.6) is 0 Å². The zero-order chi connectivity index (χ0) is 7.16. The Morgan fingerprint density at radius 1 is 0.818 bits per heavy atom. The van der Waals surface area contributed by atoms with Crippen molar-refractivity contribution in [3.8, 4) is 0 Å². The third kappa shape index (κ3) is 0.376. The van der Waals surface area contributed by atoms with Crippen LogP contribution in [0.4, 0.5) is 0 Å². The Kier molecular flexibility index (Phi) is 0.706. The minimum Gasteiger partial charge on any atom is -0.393 e. The molecule has 1 N–H and O–H groups in total. The van der Waals surface area contributed by atoms with E-state index in [0.29, 0.717) is 0 Å². The normalized spacial score (nSPS) is 75.5. The van der Waals surface area contributed by atoms with Crippen molar-refractivity contribution in [2.24, 2.45) is 35.5 Å². The molecule has 1 heteroatoms. The van der Waals surface area contributed by atoms with Crippen LogP contribution in [0.25, 0.3) is 0 Å². The molecule has 0 aromatic heterocycles. The van der Waals surface area contributed by atoms with Crippen molar-refractivity contribution in [1.29, 1.82) is 0 Å². The molecule has 4 aliphatic rings. The Morgan fingerprint density at radius 2 is 1.55 bits per heavy atom. The first kappa shape index (κ1) is 5.58. The maximum atomic E-state index is 9.85. The molecule has 0 spiro atoms. The third-order valence-corrected chi connectivity index (χ3v) is 5.24. The average molecular weight is 150 g/mol. The highest BCUT2D eigenvalue weighted by molar-refractivity contribution is 5.19. The predicted octanol–water partition coefficient (Wildman–Crippen LogP) is 1.27. The molecule has 0 aromatic rings. The minimum atomic E-state index is 0.131. The van der Waals surface area contributed by atoms with Gasteiger partial charge < -0.3 is 5.11 Å². The van der Waals surface area contributed by atoms with Crippen molar-refractivity contribution in [3.63, 3.8) is 0 Å². The molecule has 4 aliphatic carbocycles. The summed E-state index contributed by atoms with van der Waals surface area (Å²) < 4.78 is 0. The van der Waals surface area contributed by atoms with Crippen LogP contribution in [-0.2, 0) is 0 Å². The highest BCUT2D eigenvalue weighted by atomic mass is 16.3. The van der Waals surface area contributed by atoms with Crippen molar-refractivity contribution in [2.75, 3.05) is 0 Å². The molecule has 4 saturated carbocycles. The van der Waals surface area contributed by atoms with Crippen LogP contribution in [0.3, 0.4) is 0 Å². The van der Waals surface area contributed by atoms with E-state index >= 15 is 0 Å². The quantitative estimate of drug-likeness (QED) is 0.551. The molecule has 0 saturated heterocycles. The summed E-state index contributed by atoms with van der Waals surface area (Å²) in [5, 5.41) is 9.85. The highest BCUT2D eigenvalue weighted by Crippen LogP contribution is 2.74. The van der Waals surface area contributed by atoms with E-state index in [4.69, 9.17) is 0 Å². The summed E-state index contributed by atoms with van der Waals surface area (Å²) in [6.07, 6.45) is 4.47. The van der Waals surface area contributed by atoms with E-state index in [1.54, 1.807) is 0 Å². The molecule has 0 amide bonds. The molecular formula is C10H14O. The second-order valence-corrected chi connectivity index (χ2v) is 5.11. The van der Waals surface area contributed by atoms with Crippen LogP contribution in [0, 0.1) is 35.5 Å². The SMILES string of the molecule is O[C@@H]1[C@@H]2C[C@@H]3[C@H]4CC[C@H]2[C@H]4[C@H]13. The topological polar surface area (TPSA) is 20.2 Å². The Labute approximate surface area is 66.8 Å². The van der Waals surface area contributed by atoms with Gasteiger partial charge in [0.05, 0.1) is 6.10 Å². The maximum absolute atomic E-state index is 9.85. The standard InChI is InChI=1S/C10H14O/c11-10-7-3-6-4-1-2-5(7)8(4)9(6)10/h4-11H,1-3H2/t4-,5-,6-,7-,8+,9-,10-/m1/s1. The molecule has 4 fully saturated rings. The summed E-state index contributed by atoms with van der Waals surface area (Å²) in [6, 6.07) is 0. The number of aliphatic hydroxyl groups excluding tert-OH is 1. The molecule has 60 valence electrons. The van der Waals surface area contributed by atoms with E-state index < -0.39 is 0 Å². The molecule has 1 nitrogen and oxygen atoms in total. The zero-order valence-electron chi connectivity index (χ0n) is 6.61. The third-order valence-electron chi connectivity index (χ3n) is 5.24. The van der Waals surface area contributed by atoms with Crippen molar-refractivity contribution < 1.29 is 5.11 Å². The first-order valence-corrected chi connectivity index (χ1v) is 5.06. The van der Waals surface area contributed by atoms with Crippen LogP contribution >= 0.6 is 0 Å². The van der Waals surface area contributed by atoms with E-state index in [1.807, 2.05) is 0 Å². The van der Waals surface area contributed by atoms with Crippen LogP contribution < -0.4 is 0 Å². The Hall–Kier alpha value is -0.0400. The molecule has 0 unspecified atom stereocenters. The van der Waals surface area contributed by atoms with Crippen LogP contribution in [0.15, 0.2) is 0 Å². The van der Waals surface area contributed by atoms with E-state index in [9.17, 15) is 5.11 Å². The first-order valence-electron chi connectivity index (χ1n) is 5.06. The lowest BCUT2D eigenvalue weighted by Crippen LogP contribution is -2.45. The van der Waals surface area contributed by atoms with Gasteiger partial charge in [0.25, 0.3) is 0 Å². The lowest BCUT2D eigenvalue weighted by Gasteiger charge is -2.48. The Balaban J connectivity index is 1.89. The van der Waals surface area contributed by atoms with Crippen molar-refractivity contribution in [2.45, 2.75) is 25.4 Å². The fourth-order valence-corrected chi connectivity index (χ4v) is 5.06. The van der Waals surface area contributed by atoms with Gasteiger partial charge >= 0.3 is 0 Å². The van der Waals surface area contributed by atoms with Gasteiger partial charge in [-0.3, -0.25) is 0 Å². The number of hydrogen-bond donors (Lipinski definition) is 1. The van der Waals surface area contributed by atoms with Gasteiger partial charge in [0, 0.05) is 0 Å². The second kappa shape index (κ2) is 1.39. The number of aliphatic hydroxyl groups is 1. The smallest absolute Gasteiger partial charge is 0.0605 e. The van der Waals surface area contributed by atoms with Gasteiger partial charge in [-0.1, -0.05) is 0 Å². The molecule has 0 aliphatic heterocycles. The van der Waals surface area contributed by atoms with Gasteiger partial charge in [-0.2, -0.15) is 0 Å². The summed E-state index contributed by atoms with van der Waals surface area (Å²) >= 11 is 0. The second-order valence-electron chi connectivity index (χ2n) is 5.11. The number of hydrogen-bond acceptors (Lipinski definition) is 1. The first-order chi connectivity index (χ1) is 5.38. The zero-order valence-corrected chi connectivity index (χ0v) is 6.61. The Bertz CT molecular complexity index is 211. The van der Waals surface area contributed by atoms with Gasteiger partial charge in [0.15, 0.2) is 0 Å². The van der Waals surface area contributed by atoms with Gasteiger partial charge in [-0.15, -0.1) is 0 Å². The summed E-state index contributed by atoms with van der Waals surface area (Å²) in [4.78, 5) is 0.